The van der Waals surface area contributed by atoms with Crippen LogP contribution in [-0.2, 0) is 4.79 Å². The molecule has 0 aliphatic rings. The summed E-state index contributed by atoms with van der Waals surface area (Å²) in [6, 6.07) is 17.0. The van der Waals surface area contributed by atoms with E-state index in [0.29, 0.717) is 11.3 Å². The maximum absolute atomic E-state index is 12.4. The molecule has 0 atom stereocenters. The molecule has 1 aromatic heterocycles. The maximum Gasteiger partial charge on any atom is 0.255 e. The van der Waals surface area contributed by atoms with Gasteiger partial charge in [-0.2, -0.15) is 0 Å². The Hall–Kier alpha value is -2.46. The van der Waals surface area contributed by atoms with Gasteiger partial charge in [0.2, 0.25) is 0 Å². The van der Waals surface area contributed by atoms with Crippen LogP contribution >= 0.6 is 15.9 Å². The highest BCUT2D eigenvalue weighted by Crippen LogP contribution is 2.23. The number of amides is 1. The molecule has 4 heteroatoms. The zero-order valence-electron chi connectivity index (χ0n) is 11.7. The first-order chi connectivity index (χ1) is 10.6. The van der Waals surface area contributed by atoms with Gasteiger partial charge in [-0.3, -0.25) is 9.78 Å². The van der Waals surface area contributed by atoms with Gasteiger partial charge >= 0.3 is 0 Å². The van der Waals surface area contributed by atoms with Gasteiger partial charge in [-0.25, -0.2) is 0 Å². The lowest BCUT2D eigenvalue weighted by atomic mass is 10.1. The van der Waals surface area contributed by atoms with E-state index in [-0.39, 0.29) is 5.91 Å². The molecule has 108 valence electrons. The van der Waals surface area contributed by atoms with E-state index in [9.17, 15) is 4.79 Å². The summed E-state index contributed by atoms with van der Waals surface area (Å²) < 4.78 is 0.961. The summed E-state index contributed by atoms with van der Waals surface area (Å²) in [7, 11) is 0. The number of pyridine rings is 1. The molecule has 22 heavy (non-hydrogen) atoms. The molecule has 0 aliphatic heterocycles. The molecule has 3 aromatic rings. The fraction of sp³-hybridized carbons (Fsp3) is 0. The van der Waals surface area contributed by atoms with Crippen LogP contribution in [0, 0.1) is 0 Å². The first-order valence-electron chi connectivity index (χ1n) is 6.75. The number of aromatic nitrogens is 1. The second-order valence-electron chi connectivity index (χ2n) is 4.82. The Morgan fingerprint density at radius 3 is 2.55 bits per heavy atom. The lowest BCUT2D eigenvalue weighted by Gasteiger charge is -2.10. The second kappa shape index (κ2) is 6.12. The fourth-order valence-electron chi connectivity index (χ4n) is 2.19. The van der Waals surface area contributed by atoms with Gasteiger partial charge in [-0.15, -0.1) is 0 Å². The highest BCUT2D eigenvalue weighted by Gasteiger charge is 2.11. The molecule has 0 aliphatic carbocycles. The van der Waals surface area contributed by atoms with Gasteiger partial charge in [0.25, 0.3) is 5.91 Å². The van der Waals surface area contributed by atoms with Gasteiger partial charge in [0.1, 0.15) is 0 Å². The van der Waals surface area contributed by atoms with Crippen molar-refractivity contribution in [3.05, 3.63) is 77.4 Å². The van der Waals surface area contributed by atoms with Gasteiger partial charge in [-0.1, -0.05) is 52.8 Å². The third-order valence-electron chi connectivity index (χ3n) is 3.35. The zero-order valence-corrected chi connectivity index (χ0v) is 13.3. The number of nitrogens with one attached hydrogen (secondary N) is 1. The number of rotatable bonds is 3. The quantitative estimate of drug-likeness (QED) is 0.697. The third kappa shape index (κ3) is 2.92. The number of hydrogen-bond donors (Lipinski definition) is 1. The van der Waals surface area contributed by atoms with Crippen molar-refractivity contribution < 1.29 is 4.79 Å². The van der Waals surface area contributed by atoms with Crippen LogP contribution in [0.4, 0.5) is 5.69 Å². The molecular formula is C18H13BrN2O. The van der Waals surface area contributed by atoms with Crippen molar-refractivity contribution in [2.75, 3.05) is 5.32 Å². The Labute approximate surface area is 136 Å². The summed E-state index contributed by atoms with van der Waals surface area (Å²) in [6.45, 7) is 3.88. The molecule has 1 heterocycles. The van der Waals surface area contributed by atoms with E-state index in [4.69, 9.17) is 0 Å². The van der Waals surface area contributed by atoms with Gasteiger partial charge in [0.15, 0.2) is 0 Å². The predicted molar refractivity (Wildman–Crippen MR) is 93.5 cm³/mol. The van der Waals surface area contributed by atoms with Crippen LogP contribution in [0.3, 0.4) is 0 Å². The van der Waals surface area contributed by atoms with Crippen molar-refractivity contribution in [1.82, 2.24) is 4.98 Å². The minimum atomic E-state index is -0.236. The van der Waals surface area contributed by atoms with Crippen LogP contribution in [-0.4, -0.2) is 10.9 Å². The number of benzene rings is 2. The summed E-state index contributed by atoms with van der Waals surface area (Å²) in [5.74, 6) is -0.236. The molecule has 3 rings (SSSR count). The number of carbonyl (C=O) groups excluding carboxylic acids is 1. The summed E-state index contributed by atoms with van der Waals surface area (Å²) in [6.07, 6.45) is 1.71. The van der Waals surface area contributed by atoms with Crippen molar-refractivity contribution in [3.8, 4) is 0 Å². The molecule has 2 aromatic carbocycles. The monoisotopic (exact) mass is 352 g/mol. The van der Waals surface area contributed by atoms with Crippen molar-refractivity contribution in [3.63, 3.8) is 0 Å². The number of fused-ring (bicyclic) bond motifs is 1. The summed E-state index contributed by atoms with van der Waals surface area (Å²) in [5.41, 5.74) is 2.65. The number of anilines is 1. The van der Waals surface area contributed by atoms with Gasteiger partial charge in [0, 0.05) is 21.6 Å². The minimum Gasteiger partial charge on any atom is -0.320 e. The van der Waals surface area contributed by atoms with E-state index < -0.39 is 0 Å². The number of carbonyl (C=O) groups is 1. The number of hydrogen-bond acceptors (Lipinski definition) is 2. The summed E-state index contributed by atoms with van der Waals surface area (Å²) >= 11 is 3.37. The summed E-state index contributed by atoms with van der Waals surface area (Å²) in [5, 5.41) is 3.87. The Morgan fingerprint density at radius 2 is 1.77 bits per heavy atom. The Kier molecular flexibility index (Phi) is 4.02. The SMILES string of the molecule is C=C(C(=O)Nc1cccc2cccnc12)c1ccc(Br)cc1. The highest BCUT2D eigenvalue weighted by atomic mass is 79.9. The normalized spacial score (nSPS) is 10.4. The largest absolute Gasteiger partial charge is 0.320 e. The molecule has 1 amide bonds. The van der Waals surface area contributed by atoms with Crippen molar-refractivity contribution >= 4 is 44.0 Å². The van der Waals surface area contributed by atoms with Gasteiger partial charge in [0.05, 0.1) is 11.2 Å². The van der Waals surface area contributed by atoms with Crippen LogP contribution in [0.2, 0.25) is 0 Å². The van der Waals surface area contributed by atoms with Crippen LogP contribution in [0.15, 0.2) is 71.8 Å². The van der Waals surface area contributed by atoms with Crippen LogP contribution in [0.25, 0.3) is 16.5 Å². The Balaban J connectivity index is 1.87. The van der Waals surface area contributed by atoms with E-state index in [0.717, 1.165) is 20.9 Å². The molecule has 1 N–H and O–H groups in total. The van der Waals surface area contributed by atoms with Crippen molar-refractivity contribution in [2.24, 2.45) is 0 Å². The predicted octanol–water partition coefficient (Wildman–Crippen LogP) is 4.65. The summed E-state index contributed by atoms with van der Waals surface area (Å²) in [4.78, 5) is 16.7. The van der Waals surface area contributed by atoms with Crippen molar-refractivity contribution in [2.45, 2.75) is 0 Å². The van der Waals surface area contributed by atoms with E-state index in [2.05, 4.69) is 32.8 Å². The smallest absolute Gasteiger partial charge is 0.255 e. The average Bonchev–Trinajstić information content (AvgIpc) is 2.55. The first kappa shape index (κ1) is 14.5. The topological polar surface area (TPSA) is 42.0 Å². The Bertz CT molecular complexity index is 851. The zero-order chi connectivity index (χ0) is 15.5. The average molecular weight is 353 g/mol. The molecule has 0 bridgehead atoms. The molecular weight excluding hydrogens is 340 g/mol. The van der Waals surface area contributed by atoms with Gasteiger partial charge in [-0.05, 0) is 29.8 Å². The van der Waals surface area contributed by atoms with Crippen LogP contribution in [0.5, 0.6) is 0 Å². The van der Waals surface area contributed by atoms with E-state index in [1.54, 1.807) is 6.20 Å². The van der Waals surface area contributed by atoms with Crippen LogP contribution < -0.4 is 5.32 Å². The lowest BCUT2D eigenvalue weighted by Crippen LogP contribution is -2.13. The first-order valence-corrected chi connectivity index (χ1v) is 7.54. The number of nitrogens with zero attached hydrogens (tertiary/aromatic N) is 1. The molecule has 0 unspecified atom stereocenters. The molecule has 0 radical (unpaired) electrons. The molecule has 0 spiro atoms. The molecule has 0 fully saturated rings. The molecule has 0 saturated carbocycles. The highest BCUT2D eigenvalue weighted by molar-refractivity contribution is 9.10. The van der Waals surface area contributed by atoms with E-state index in [1.165, 1.54) is 0 Å². The third-order valence-corrected chi connectivity index (χ3v) is 3.88. The minimum absolute atomic E-state index is 0.236. The van der Waals surface area contributed by atoms with Crippen molar-refractivity contribution in [1.29, 1.82) is 0 Å². The van der Waals surface area contributed by atoms with Crippen LogP contribution in [0.1, 0.15) is 5.56 Å². The van der Waals surface area contributed by atoms with E-state index >= 15 is 0 Å². The second-order valence-corrected chi connectivity index (χ2v) is 5.74. The fourth-order valence-corrected chi connectivity index (χ4v) is 2.45. The van der Waals surface area contributed by atoms with E-state index in [1.807, 2.05) is 54.6 Å². The number of halogens is 1. The maximum atomic E-state index is 12.4. The van der Waals surface area contributed by atoms with Gasteiger partial charge < -0.3 is 5.32 Å². The Morgan fingerprint density at radius 1 is 1.05 bits per heavy atom. The standard InChI is InChI=1S/C18H13BrN2O/c1-12(13-7-9-15(19)10-8-13)18(22)21-16-6-2-4-14-5-3-11-20-17(14)16/h2-11H,1H2,(H,21,22). The number of para-hydroxylation sites is 1. The molecule has 3 nitrogen and oxygen atoms in total. The lowest BCUT2D eigenvalue weighted by molar-refractivity contribution is -0.111. The molecule has 0 saturated heterocycles.